The first kappa shape index (κ1) is 10.1. The van der Waals surface area contributed by atoms with Crippen molar-refractivity contribution < 1.29 is 14.2 Å². The number of likely N-dealkylation sites (N-methyl/N-ethyl adjacent to an activating group) is 1. The van der Waals surface area contributed by atoms with Crippen molar-refractivity contribution >= 4 is 0 Å². The molecule has 1 aliphatic heterocycles. The molecule has 2 rings (SSSR count). The highest BCUT2D eigenvalue weighted by Crippen LogP contribution is 2.43. The standard InChI is InChI=1S/C11H15NO3/c1-12-6-5-8-3-4-9-11(10(8)13-2)15-7-14-9/h3-4,12H,5-7H2,1-2H3. The van der Waals surface area contributed by atoms with E-state index in [1.165, 1.54) is 0 Å². The smallest absolute Gasteiger partial charge is 0.231 e. The Kier molecular flexibility index (Phi) is 2.97. The molecule has 0 aliphatic carbocycles. The summed E-state index contributed by atoms with van der Waals surface area (Å²) in [5, 5.41) is 3.11. The number of ether oxygens (including phenoxy) is 3. The summed E-state index contributed by atoms with van der Waals surface area (Å²) in [7, 11) is 3.58. The van der Waals surface area contributed by atoms with Gasteiger partial charge in [-0.2, -0.15) is 0 Å². The van der Waals surface area contributed by atoms with Crippen molar-refractivity contribution in [2.24, 2.45) is 0 Å². The Morgan fingerprint density at radius 1 is 1.40 bits per heavy atom. The van der Waals surface area contributed by atoms with Gasteiger partial charge in [-0.1, -0.05) is 6.07 Å². The van der Waals surface area contributed by atoms with Crippen LogP contribution in [0.1, 0.15) is 5.56 Å². The largest absolute Gasteiger partial charge is 0.492 e. The minimum atomic E-state index is 0.279. The van der Waals surface area contributed by atoms with Gasteiger partial charge < -0.3 is 19.5 Å². The minimum absolute atomic E-state index is 0.279. The topological polar surface area (TPSA) is 39.7 Å². The number of hydrogen-bond donors (Lipinski definition) is 1. The van der Waals surface area contributed by atoms with Crippen LogP contribution in [0.15, 0.2) is 12.1 Å². The predicted molar refractivity (Wildman–Crippen MR) is 56.7 cm³/mol. The molecular formula is C11H15NO3. The van der Waals surface area contributed by atoms with Gasteiger partial charge in [-0.05, 0) is 31.6 Å². The maximum Gasteiger partial charge on any atom is 0.231 e. The lowest BCUT2D eigenvalue weighted by atomic mass is 10.1. The van der Waals surface area contributed by atoms with Gasteiger partial charge >= 0.3 is 0 Å². The van der Waals surface area contributed by atoms with E-state index in [2.05, 4.69) is 5.32 Å². The van der Waals surface area contributed by atoms with Crippen molar-refractivity contribution in [3.05, 3.63) is 17.7 Å². The number of fused-ring (bicyclic) bond motifs is 1. The van der Waals surface area contributed by atoms with E-state index in [-0.39, 0.29) is 6.79 Å². The van der Waals surface area contributed by atoms with E-state index >= 15 is 0 Å². The van der Waals surface area contributed by atoms with Gasteiger partial charge in [-0.25, -0.2) is 0 Å². The first-order chi connectivity index (χ1) is 7.36. The molecule has 82 valence electrons. The van der Waals surface area contributed by atoms with Crippen LogP contribution < -0.4 is 19.5 Å². The summed E-state index contributed by atoms with van der Waals surface area (Å²) in [6.07, 6.45) is 0.913. The molecular weight excluding hydrogens is 194 g/mol. The number of rotatable bonds is 4. The van der Waals surface area contributed by atoms with Gasteiger partial charge in [0, 0.05) is 0 Å². The van der Waals surface area contributed by atoms with Gasteiger partial charge in [-0.15, -0.1) is 0 Å². The molecule has 4 nitrogen and oxygen atoms in total. The molecule has 1 aromatic carbocycles. The number of benzene rings is 1. The molecule has 4 heteroatoms. The monoisotopic (exact) mass is 209 g/mol. The van der Waals surface area contributed by atoms with Crippen LogP contribution in [0.4, 0.5) is 0 Å². The van der Waals surface area contributed by atoms with E-state index < -0.39 is 0 Å². The Morgan fingerprint density at radius 3 is 3.00 bits per heavy atom. The summed E-state index contributed by atoms with van der Waals surface area (Å²) >= 11 is 0. The fraction of sp³-hybridized carbons (Fsp3) is 0.455. The zero-order chi connectivity index (χ0) is 10.7. The third kappa shape index (κ3) is 1.85. The fourth-order valence-electron chi connectivity index (χ4n) is 1.67. The van der Waals surface area contributed by atoms with Crippen LogP contribution in [-0.2, 0) is 6.42 Å². The lowest BCUT2D eigenvalue weighted by Crippen LogP contribution is -2.11. The van der Waals surface area contributed by atoms with Gasteiger partial charge in [0.2, 0.25) is 12.5 Å². The Morgan fingerprint density at radius 2 is 2.27 bits per heavy atom. The molecule has 0 spiro atoms. The highest BCUT2D eigenvalue weighted by molar-refractivity contribution is 5.56. The van der Waals surface area contributed by atoms with Crippen LogP contribution in [0.25, 0.3) is 0 Å². The Bertz CT molecular complexity index is 352. The van der Waals surface area contributed by atoms with Gasteiger partial charge in [0.25, 0.3) is 0 Å². The number of nitrogens with one attached hydrogen (secondary N) is 1. The van der Waals surface area contributed by atoms with Crippen molar-refractivity contribution in [1.29, 1.82) is 0 Å². The maximum absolute atomic E-state index is 5.37. The average molecular weight is 209 g/mol. The lowest BCUT2D eigenvalue weighted by molar-refractivity contribution is 0.171. The van der Waals surface area contributed by atoms with E-state index in [1.807, 2.05) is 19.2 Å². The molecule has 1 heterocycles. The van der Waals surface area contributed by atoms with Gasteiger partial charge in [0.1, 0.15) is 0 Å². The zero-order valence-corrected chi connectivity index (χ0v) is 9.00. The first-order valence-corrected chi connectivity index (χ1v) is 4.97. The van der Waals surface area contributed by atoms with E-state index in [0.29, 0.717) is 0 Å². The second kappa shape index (κ2) is 4.40. The average Bonchev–Trinajstić information content (AvgIpc) is 2.73. The minimum Gasteiger partial charge on any atom is -0.492 e. The Hall–Kier alpha value is -1.42. The quantitative estimate of drug-likeness (QED) is 0.808. The molecule has 0 aromatic heterocycles. The van der Waals surface area contributed by atoms with Crippen LogP contribution in [0.5, 0.6) is 17.2 Å². The van der Waals surface area contributed by atoms with Gasteiger partial charge in [-0.3, -0.25) is 0 Å². The molecule has 1 aliphatic rings. The third-order valence-electron chi connectivity index (χ3n) is 2.42. The number of hydrogen-bond acceptors (Lipinski definition) is 4. The van der Waals surface area contributed by atoms with Gasteiger partial charge in [0.05, 0.1) is 7.11 Å². The van der Waals surface area contributed by atoms with Crippen molar-refractivity contribution in [3.8, 4) is 17.2 Å². The van der Waals surface area contributed by atoms with Crippen molar-refractivity contribution in [2.75, 3.05) is 27.5 Å². The normalized spacial score (nSPS) is 12.9. The van der Waals surface area contributed by atoms with E-state index in [4.69, 9.17) is 14.2 Å². The molecule has 0 bridgehead atoms. The summed E-state index contributed by atoms with van der Waals surface area (Å²) < 4.78 is 16.0. The first-order valence-electron chi connectivity index (χ1n) is 4.97. The second-order valence-electron chi connectivity index (χ2n) is 3.35. The van der Waals surface area contributed by atoms with Crippen molar-refractivity contribution in [2.45, 2.75) is 6.42 Å². The highest BCUT2D eigenvalue weighted by atomic mass is 16.7. The zero-order valence-electron chi connectivity index (χ0n) is 9.00. The molecule has 15 heavy (non-hydrogen) atoms. The van der Waals surface area contributed by atoms with Gasteiger partial charge in [0.15, 0.2) is 11.5 Å². The van der Waals surface area contributed by atoms with Crippen molar-refractivity contribution in [3.63, 3.8) is 0 Å². The van der Waals surface area contributed by atoms with E-state index in [0.717, 1.165) is 35.8 Å². The molecule has 0 fully saturated rings. The Balaban J connectivity index is 2.30. The second-order valence-corrected chi connectivity index (χ2v) is 3.35. The molecule has 0 amide bonds. The SMILES string of the molecule is CNCCc1ccc2c(c1OC)OCO2. The third-order valence-corrected chi connectivity index (χ3v) is 2.42. The summed E-state index contributed by atoms with van der Waals surface area (Å²) in [6, 6.07) is 3.94. The molecule has 1 N–H and O–H groups in total. The summed E-state index contributed by atoms with van der Waals surface area (Å²) in [6.45, 7) is 1.19. The number of methoxy groups -OCH3 is 1. The molecule has 0 radical (unpaired) electrons. The van der Waals surface area contributed by atoms with Crippen LogP contribution in [-0.4, -0.2) is 27.5 Å². The lowest BCUT2D eigenvalue weighted by Gasteiger charge is -2.10. The fourth-order valence-corrected chi connectivity index (χ4v) is 1.67. The van der Waals surface area contributed by atoms with E-state index in [9.17, 15) is 0 Å². The Labute approximate surface area is 89.1 Å². The van der Waals surface area contributed by atoms with Crippen molar-refractivity contribution in [1.82, 2.24) is 5.32 Å². The summed E-state index contributed by atoms with van der Waals surface area (Å²) in [5.41, 5.74) is 1.14. The molecule has 0 saturated heterocycles. The molecule has 0 atom stereocenters. The van der Waals surface area contributed by atoms with Crippen LogP contribution in [0.2, 0.25) is 0 Å². The maximum atomic E-state index is 5.37. The molecule has 1 aromatic rings. The molecule has 0 saturated carbocycles. The van der Waals surface area contributed by atoms with E-state index in [1.54, 1.807) is 7.11 Å². The predicted octanol–water partition coefficient (Wildman–Crippen LogP) is 1.19. The summed E-state index contributed by atoms with van der Waals surface area (Å²) in [5.74, 6) is 2.28. The summed E-state index contributed by atoms with van der Waals surface area (Å²) in [4.78, 5) is 0. The van der Waals surface area contributed by atoms with Crippen LogP contribution >= 0.6 is 0 Å². The molecule has 0 unspecified atom stereocenters. The van der Waals surface area contributed by atoms with Crippen LogP contribution in [0.3, 0.4) is 0 Å². The highest BCUT2D eigenvalue weighted by Gasteiger charge is 2.21. The van der Waals surface area contributed by atoms with Crippen LogP contribution in [0, 0.1) is 0 Å².